The van der Waals surface area contributed by atoms with Gasteiger partial charge in [-0.1, -0.05) is 29.9 Å². The summed E-state index contributed by atoms with van der Waals surface area (Å²) in [6.07, 6.45) is 4.62. The number of nitrogens with zero attached hydrogens (tertiary/aromatic N) is 4. The van der Waals surface area contributed by atoms with Gasteiger partial charge in [0.05, 0.1) is 6.42 Å². The second-order valence-corrected chi connectivity index (χ2v) is 7.96. The van der Waals surface area contributed by atoms with Crippen molar-refractivity contribution in [3.63, 3.8) is 0 Å². The molecule has 0 atom stereocenters. The third-order valence-electron chi connectivity index (χ3n) is 4.07. The molecule has 0 spiro atoms. The maximum Gasteiger partial charge on any atom is 0.224 e. The average Bonchev–Trinajstić information content (AvgIpc) is 3.26. The Labute approximate surface area is 177 Å². The fourth-order valence-corrected chi connectivity index (χ4v) is 3.66. The second kappa shape index (κ2) is 9.76. The van der Waals surface area contributed by atoms with Gasteiger partial charge >= 0.3 is 0 Å². The van der Waals surface area contributed by atoms with Crippen molar-refractivity contribution in [2.24, 2.45) is 7.05 Å². The Bertz CT molecular complexity index is 999. The quantitative estimate of drug-likeness (QED) is 0.524. The fraction of sp³-hybridized carbons (Fsp3) is 0.250. The van der Waals surface area contributed by atoms with Gasteiger partial charge in [-0.3, -0.25) is 9.36 Å². The van der Waals surface area contributed by atoms with Crippen LogP contribution in [-0.4, -0.2) is 37.5 Å². The van der Waals surface area contributed by atoms with Gasteiger partial charge in [-0.2, -0.15) is 0 Å². The minimum Gasteiger partial charge on any atom is -0.357 e. The molecule has 0 fully saturated rings. The molecular formula is C20H21ClFN5OS. The summed E-state index contributed by atoms with van der Waals surface area (Å²) in [7, 11) is 1.92. The number of nitrogens with one attached hydrogen (secondary N) is 1. The van der Waals surface area contributed by atoms with Crippen LogP contribution >= 0.6 is 23.4 Å². The van der Waals surface area contributed by atoms with E-state index >= 15 is 0 Å². The molecule has 29 heavy (non-hydrogen) atoms. The first kappa shape index (κ1) is 21.1. The number of benzene rings is 1. The van der Waals surface area contributed by atoms with Gasteiger partial charge in [0.15, 0.2) is 5.16 Å². The summed E-state index contributed by atoms with van der Waals surface area (Å²) in [5.41, 5.74) is 1.70. The maximum atomic E-state index is 13.3. The first-order chi connectivity index (χ1) is 13.9. The predicted molar refractivity (Wildman–Crippen MR) is 113 cm³/mol. The largest absolute Gasteiger partial charge is 0.357 e. The van der Waals surface area contributed by atoms with Crippen LogP contribution in [0.25, 0.3) is 5.69 Å². The molecule has 0 saturated carbocycles. The molecule has 0 aliphatic rings. The molecule has 0 saturated heterocycles. The third kappa shape index (κ3) is 5.95. The molecule has 0 aliphatic heterocycles. The Balaban J connectivity index is 1.68. The highest BCUT2D eigenvalue weighted by molar-refractivity contribution is 7.99. The second-order valence-electron chi connectivity index (χ2n) is 6.48. The van der Waals surface area contributed by atoms with Gasteiger partial charge in [-0.25, -0.2) is 4.39 Å². The highest BCUT2D eigenvalue weighted by Crippen LogP contribution is 2.24. The zero-order valence-electron chi connectivity index (χ0n) is 15.9. The number of rotatable bonds is 9. The summed E-state index contributed by atoms with van der Waals surface area (Å²) in [6.45, 7) is 4.10. The highest BCUT2D eigenvalue weighted by Gasteiger charge is 2.15. The minimum atomic E-state index is -0.320. The topological polar surface area (TPSA) is 64.7 Å². The van der Waals surface area contributed by atoms with E-state index in [1.807, 2.05) is 34.6 Å². The van der Waals surface area contributed by atoms with Crippen molar-refractivity contribution < 1.29 is 9.18 Å². The summed E-state index contributed by atoms with van der Waals surface area (Å²) < 4.78 is 17.1. The van der Waals surface area contributed by atoms with Gasteiger partial charge in [0.2, 0.25) is 5.91 Å². The van der Waals surface area contributed by atoms with E-state index in [1.54, 1.807) is 12.1 Å². The van der Waals surface area contributed by atoms with Crippen LogP contribution in [0.15, 0.2) is 59.5 Å². The molecular weight excluding hydrogens is 413 g/mol. The van der Waals surface area contributed by atoms with E-state index in [0.717, 1.165) is 11.3 Å². The van der Waals surface area contributed by atoms with E-state index in [4.69, 9.17) is 11.6 Å². The van der Waals surface area contributed by atoms with Crippen LogP contribution < -0.4 is 5.32 Å². The molecule has 1 N–H and O–H groups in total. The SMILES string of the molecule is C=C(Cl)CSc1nnc(CCNC(=O)Cc2ccn(C)c2)n1-c1ccc(F)cc1. The maximum absolute atomic E-state index is 13.3. The van der Waals surface area contributed by atoms with Gasteiger partial charge in [-0.15, -0.1) is 10.2 Å². The summed E-state index contributed by atoms with van der Waals surface area (Å²) in [4.78, 5) is 12.2. The van der Waals surface area contributed by atoms with E-state index in [-0.39, 0.29) is 11.7 Å². The Morgan fingerprint density at radius 2 is 2.03 bits per heavy atom. The molecule has 1 amide bonds. The van der Waals surface area contributed by atoms with Crippen LogP contribution in [0, 0.1) is 5.82 Å². The molecule has 0 unspecified atom stereocenters. The van der Waals surface area contributed by atoms with E-state index in [0.29, 0.717) is 41.2 Å². The van der Waals surface area contributed by atoms with E-state index in [1.165, 1.54) is 23.9 Å². The monoisotopic (exact) mass is 433 g/mol. The van der Waals surface area contributed by atoms with Crippen molar-refractivity contribution in [3.8, 4) is 5.69 Å². The van der Waals surface area contributed by atoms with Gasteiger partial charge in [0.25, 0.3) is 0 Å². The van der Waals surface area contributed by atoms with Crippen LogP contribution in [0.5, 0.6) is 0 Å². The lowest BCUT2D eigenvalue weighted by molar-refractivity contribution is -0.120. The van der Waals surface area contributed by atoms with Gasteiger partial charge in [0.1, 0.15) is 11.6 Å². The minimum absolute atomic E-state index is 0.0583. The van der Waals surface area contributed by atoms with Crippen molar-refractivity contribution in [1.29, 1.82) is 0 Å². The number of aryl methyl sites for hydroxylation is 1. The zero-order chi connectivity index (χ0) is 20.8. The number of halogens is 2. The Morgan fingerprint density at radius 1 is 1.28 bits per heavy atom. The van der Waals surface area contributed by atoms with Crippen LogP contribution in [0.3, 0.4) is 0 Å². The molecule has 0 aliphatic carbocycles. The van der Waals surface area contributed by atoms with Crippen LogP contribution in [0.2, 0.25) is 0 Å². The van der Waals surface area contributed by atoms with Crippen LogP contribution in [0.4, 0.5) is 4.39 Å². The number of aromatic nitrogens is 4. The molecule has 0 bridgehead atoms. The Kier molecular flexibility index (Phi) is 7.11. The molecule has 1 aromatic carbocycles. The molecule has 0 radical (unpaired) electrons. The van der Waals surface area contributed by atoms with Crippen molar-refractivity contribution in [2.75, 3.05) is 12.3 Å². The number of thioether (sulfide) groups is 1. The summed E-state index contributed by atoms with van der Waals surface area (Å²) in [5, 5.41) is 12.5. The lowest BCUT2D eigenvalue weighted by atomic mass is 10.2. The van der Waals surface area contributed by atoms with Crippen molar-refractivity contribution in [2.45, 2.75) is 18.0 Å². The summed E-state index contributed by atoms with van der Waals surface area (Å²) in [6, 6.07) is 8.01. The number of carbonyl (C=O) groups is 1. The number of hydrogen-bond donors (Lipinski definition) is 1. The number of hydrogen-bond acceptors (Lipinski definition) is 4. The van der Waals surface area contributed by atoms with Crippen molar-refractivity contribution in [3.05, 3.63) is 71.5 Å². The van der Waals surface area contributed by atoms with Crippen molar-refractivity contribution >= 4 is 29.3 Å². The molecule has 9 heteroatoms. The predicted octanol–water partition coefficient (Wildman–Crippen LogP) is 3.49. The molecule has 152 valence electrons. The van der Waals surface area contributed by atoms with Crippen molar-refractivity contribution in [1.82, 2.24) is 24.6 Å². The smallest absolute Gasteiger partial charge is 0.224 e. The van der Waals surface area contributed by atoms with Gasteiger partial charge < -0.3 is 9.88 Å². The molecule has 2 heterocycles. The lowest BCUT2D eigenvalue weighted by Crippen LogP contribution is -2.27. The lowest BCUT2D eigenvalue weighted by Gasteiger charge is -2.10. The zero-order valence-corrected chi connectivity index (χ0v) is 17.5. The van der Waals surface area contributed by atoms with Crippen LogP contribution in [0.1, 0.15) is 11.4 Å². The number of amides is 1. The summed E-state index contributed by atoms with van der Waals surface area (Å²) in [5.74, 6) is 0.769. The first-order valence-electron chi connectivity index (χ1n) is 8.96. The fourth-order valence-electron chi connectivity index (χ4n) is 2.78. The molecule has 6 nitrogen and oxygen atoms in total. The number of carbonyl (C=O) groups excluding carboxylic acids is 1. The Hall–Kier alpha value is -2.58. The summed E-state index contributed by atoms with van der Waals surface area (Å²) >= 11 is 7.26. The average molecular weight is 434 g/mol. The third-order valence-corrected chi connectivity index (χ3v) is 5.38. The van der Waals surface area contributed by atoms with E-state index in [9.17, 15) is 9.18 Å². The standard InChI is InChI=1S/C20H21ClFN5OS/c1-14(21)13-29-20-25-24-18(27(20)17-5-3-16(22)4-6-17)7-9-23-19(28)11-15-8-10-26(2)12-15/h3-6,8,10,12H,1,7,9,11,13H2,2H3,(H,23,28). The molecule has 3 aromatic rings. The molecule has 3 rings (SSSR count). The molecule has 2 aromatic heterocycles. The first-order valence-corrected chi connectivity index (χ1v) is 10.3. The van der Waals surface area contributed by atoms with Gasteiger partial charge in [0, 0.05) is 48.9 Å². The van der Waals surface area contributed by atoms with E-state index in [2.05, 4.69) is 22.1 Å². The van der Waals surface area contributed by atoms with Crippen LogP contribution in [-0.2, 0) is 24.7 Å². The highest BCUT2D eigenvalue weighted by atomic mass is 35.5. The van der Waals surface area contributed by atoms with Gasteiger partial charge in [-0.05, 0) is 35.9 Å². The normalized spacial score (nSPS) is 10.9. The Morgan fingerprint density at radius 3 is 2.69 bits per heavy atom. The van der Waals surface area contributed by atoms with E-state index < -0.39 is 0 Å².